The van der Waals surface area contributed by atoms with Crippen LogP contribution in [-0.2, 0) is 31.2 Å². The first kappa shape index (κ1) is 33.8. The van der Waals surface area contributed by atoms with Gasteiger partial charge in [0.2, 0.25) is 0 Å². The van der Waals surface area contributed by atoms with Crippen molar-refractivity contribution >= 4 is 5.43 Å². The molecule has 2 aromatic rings. The van der Waals surface area contributed by atoms with E-state index in [1.165, 1.54) is 29.6 Å². The minimum absolute atomic E-state index is 0. The van der Waals surface area contributed by atoms with Crippen molar-refractivity contribution in [2.24, 2.45) is 11.8 Å². The third-order valence-electron chi connectivity index (χ3n) is 7.85. The van der Waals surface area contributed by atoms with Crippen LogP contribution in [0.25, 0.3) is 11.1 Å². The molecule has 0 heterocycles. The molecule has 0 N–H and O–H groups in total. The van der Waals surface area contributed by atoms with Crippen molar-refractivity contribution in [2.75, 3.05) is 0 Å². The Balaban J connectivity index is 0.00000253. The van der Waals surface area contributed by atoms with E-state index in [1.54, 1.807) is 22.3 Å². The van der Waals surface area contributed by atoms with Gasteiger partial charge in [0, 0.05) is 0 Å². The van der Waals surface area contributed by atoms with Crippen LogP contribution in [0.1, 0.15) is 102 Å². The van der Waals surface area contributed by atoms with Crippen LogP contribution in [0.2, 0.25) is 12.1 Å². The van der Waals surface area contributed by atoms with Crippen LogP contribution in [0.5, 0.6) is 0 Å². The van der Waals surface area contributed by atoms with E-state index in [0.717, 1.165) is 11.8 Å². The molecule has 0 bridgehead atoms. The van der Waals surface area contributed by atoms with Crippen LogP contribution < -0.4 is 24.8 Å². The molecule has 0 amide bonds. The Bertz CT molecular complexity index is 1160. The number of hydrogen-bond donors (Lipinski definition) is 0. The molecule has 0 atom stereocenters. The largest absolute Gasteiger partial charge is 1.00 e. The van der Waals surface area contributed by atoms with E-state index >= 15 is 0 Å². The Kier molecular flexibility index (Phi) is 11.6. The third-order valence-corrected chi connectivity index (χ3v) is 29.0. The molecule has 2 aliphatic carbocycles. The van der Waals surface area contributed by atoms with Gasteiger partial charge in [-0.2, -0.15) is 0 Å². The predicted octanol–water partition coefficient (Wildman–Crippen LogP) is 4.12. The molecule has 0 radical (unpaired) electrons. The normalized spacial score (nSPS) is 14.4. The number of rotatable bonds is 6. The van der Waals surface area contributed by atoms with Crippen LogP contribution >= 0.6 is 0 Å². The Morgan fingerprint density at radius 1 is 0.763 bits per heavy atom. The predicted molar refractivity (Wildman–Crippen MR) is 158 cm³/mol. The average molecular weight is 647 g/mol. The minimum atomic E-state index is -2.05. The standard InChI is InChI=1S/C21H25.C8H18Si.C5H5.2ClH.Zr/c1-20(2,3)16-9-7-14-11-15-8-10-17(21(4,5)6)13-19(15)18(14)12-16;1-7(2)5-9-6-8(3)4;1-2-4-5-3-1;;;/h7-13H,1-6H3;7-8H,5-6H2,1-4H3;1-3H,4H2;2*1H;/q;;;;;+2/p-2. The summed E-state index contributed by atoms with van der Waals surface area (Å²) in [6.45, 7) is 24.0. The van der Waals surface area contributed by atoms with Gasteiger partial charge in [-0.05, 0) is 0 Å². The Hall–Kier alpha value is -0.400. The van der Waals surface area contributed by atoms with E-state index in [1.807, 2.05) is 3.28 Å². The van der Waals surface area contributed by atoms with Crippen molar-refractivity contribution in [1.29, 1.82) is 0 Å². The molecule has 0 aromatic heterocycles. The molecule has 0 saturated carbocycles. The van der Waals surface area contributed by atoms with Crippen molar-refractivity contribution in [1.82, 2.24) is 0 Å². The summed E-state index contributed by atoms with van der Waals surface area (Å²) in [5, 5.41) is 0. The molecule has 2 aliphatic rings. The van der Waals surface area contributed by atoms with E-state index in [-0.39, 0.29) is 35.6 Å². The number of allylic oxidation sites excluding steroid dienone is 4. The number of halogens is 2. The molecule has 4 rings (SSSR count). The molecule has 2 aromatic carbocycles. The fraction of sp³-hybridized carbons (Fsp3) is 0.529. The molecule has 0 nitrogen and oxygen atoms in total. The maximum atomic E-state index is 2.57. The van der Waals surface area contributed by atoms with Crippen molar-refractivity contribution in [2.45, 2.75) is 102 Å². The number of benzene rings is 2. The summed E-state index contributed by atoms with van der Waals surface area (Å²) in [4.78, 5) is 0. The van der Waals surface area contributed by atoms with Crippen LogP contribution in [0.3, 0.4) is 0 Å². The van der Waals surface area contributed by atoms with Crippen LogP contribution in [0.4, 0.5) is 0 Å². The van der Waals surface area contributed by atoms with E-state index in [4.69, 9.17) is 0 Å². The van der Waals surface area contributed by atoms with Gasteiger partial charge >= 0.3 is 231 Å². The zero-order valence-corrected chi connectivity index (χ0v) is 30.3. The zero-order valence-electron chi connectivity index (χ0n) is 25.3. The SMILES string of the molecule is CC(C)C[Si](CC(C)C)=[Zr+2]([C]1=CC=CC1)[CH]1c2ccc(C(C)(C)C)cc2-c2cc(C(C)(C)C)ccc21.[Cl-].[Cl-]. The zero-order chi connectivity index (χ0) is 26.4. The average Bonchev–Trinajstić information content (AvgIpc) is 3.38. The van der Waals surface area contributed by atoms with Gasteiger partial charge in [-0.3, -0.25) is 0 Å². The van der Waals surface area contributed by atoms with Gasteiger partial charge in [0.1, 0.15) is 0 Å². The summed E-state index contributed by atoms with van der Waals surface area (Å²) in [6.07, 6.45) is 8.58. The fourth-order valence-corrected chi connectivity index (χ4v) is 33.2. The second kappa shape index (κ2) is 13.1. The molecular formula is C34H48Cl2SiZr. The number of fused-ring (bicyclic) bond motifs is 3. The Morgan fingerprint density at radius 3 is 1.55 bits per heavy atom. The van der Waals surface area contributed by atoms with Gasteiger partial charge in [-0.15, -0.1) is 0 Å². The summed E-state index contributed by atoms with van der Waals surface area (Å²) in [5.41, 5.74) is 9.28. The molecular weight excluding hydrogens is 599 g/mol. The van der Waals surface area contributed by atoms with Crippen molar-refractivity contribution in [3.63, 3.8) is 0 Å². The second-order valence-corrected chi connectivity index (χ2v) is 29.5. The Morgan fingerprint density at radius 2 is 1.21 bits per heavy atom. The maximum absolute atomic E-state index is 2.57. The van der Waals surface area contributed by atoms with Gasteiger partial charge in [-0.25, -0.2) is 0 Å². The first-order valence-corrected chi connectivity index (χ1v) is 22.4. The topological polar surface area (TPSA) is 0 Å². The maximum Gasteiger partial charge on any atom is -1.00 e. The van der Waals surface area contributed by atoms with Crippen molar-refractivity contribution in [3.8, 4) is 11.1 Å². The van der Waals surface area contributed by atoms with E-state index in [0.29, 0.717) is 3.63 Å². The van der Waals surface area contributed by atoms with Gasteiger partial charge in [0.15, 0.2) is 0 Å². The molecule has 0 unspecified atom stereocenters. The summed E-state index contributed by atoms with van der Waals surface area (Å²) in [6, 6.07) is 18.1. The summed E-state index contributed by atoms with van der Waals surface area (Å²) in [7, 11) is 0. The second-order valence-electron chi connectivity index (χ2n) is 14.1. The molecule has 0 fully saturated rings. The fourth-order valence-electron chi connectivity index (χ4n) is 6.05. The van der Waals surface area contributed by atoms with Crippen LogP contribution in [0, 0.1) is 11.8 Å². The van der Waals surface area contributed by atoms with Crippen LogP contribution in [-0.4, -0.2) is 5.43 Å². The summed E-state index contributed by atoms with van der Waals surface area (Å²) < 4.78 is 2.56. The molecule has 38 heavy (non-hydrogen) atoms. The van der Waals surface area contributed by atoms with Crippen molar-refractivity contribution in [3.05, 3.63) is 80.2 Å². The van der Waals surface area contributed by atoms with Crippen molar-refractivity contribution < 1.29 is 45.2 Å². The summed E-state index contributed by atoms with van der Waals surface area (Å²) in [5.74, 6) is 1.60. The third kappa shape index (κ3) is 7.26. The molecule has 0 aliphatic heterocycles. The van der Waals surface area contributed by atoms with Gasteiger partial charge in [0.25, 0.3) is 0 Å². The molecule has 4 heteroatoms. The quantitative estimate of drug-likeness (QED) is 0.415. The summed E-state index contributed by atoms with van der Waals surface area (Å²) >= 11 is -2.05. The number of hydrogen-bond acceptors (Lipinski definition) is 0. The van der Waals surface area contributed by atoms with E-state index < -0.39 is 25.8 Å². The van der Waals surface area contributed by atoms with Gasteiger partial charge in [0.05, 0.1) is 0 Å². The van der Waals surface area contributed by atoms with Crippen LogP contribution in [0.15, 0.2) is 57.9 Å². The molecule has 0 saturated heterocycles. The Labute approximate surface area is 254 Å². The molecule has 0 spiro atoms. The first-order chi connectivity index (χ1) is 16.8. The molecule has 206 valence electrons. The minimum Gasteiger partial charge on any atom is -1.00 e. The van der Waals surface area contributed by atoms with E-state index in [9.17, 15) is 0 Å². The first-order valence-electron chi connectivity index (χ1n) is 14.1. The van der Waals surface area contributed by atoms with Gasteiger partial charge in [-0.1, -0.05) is 0 Å². The van der Waals surface area contributed by atoms with E-state index in [2.05, 4.69) is 124 Å². The smallest absolute Gasteiger partial charge is 1.00 e. The monoisotopic (exact) mass is 644 g/mol. The van der Waals surface area contributed by atoms with Gasteiger partial charge < -0.3 is 24.8 Å².